The standard InChI is InChI=1S/C17H34N2/c1-3-11-19(14-17-5-4-10-18-12-17)13-16-8-6-15(2)7-9-16/h15-18H,3-14H2,1-2H3. The summed E-state index contributed by atoms with van der Waals surface area (Å²) in [5.41, 5.74) is 0. The number of hydrogen-bond acceptors (Lipinski definition) is 2. The van der Waals surface area contributed by atoms with Gasteiger partial charge < -0.3 is 10.2 Å². The van der Waals surface area contributed by atoms with Gasteiger partial charge in [-0.2, -0.15) is 0 Å². The van der Waals surface area contributed by atoms with Gasteiger partial charge in [0.2, 0.25) is 0 Å². The van der Waals surface area contributed by atoms with Crippen LogP contribution in [0.2, 0.25) is 0 Å². The van der Waals surface area contributed by atoms with Crippen LogP contribution in [0.3, 0.4) is 0 Å². The molecule has 2 heteroatoms. The van der Waals surface area contributed by atoms with E-state index in [2.05, 4.69) is 24.1 Å². The molecule has 0 spiro atoms. The maximum absolute atomic E-state index is 3.57. The van der Waals surface area contributed by atoms with Crippen molar-refractivity contribution in [3.63, 3.8) is 0 Å². The van der Waals surface area contributed by atoms with Crippen LogP contribution in [0, 0.1) is 17.8 Å². The van der Waals surface area contributed by atoms with E-state index in [1.807, 2.05) is 0 Å². The zero-order valence-electron chi connectivity index (χ0n) is 13.2. The van der Waals surface area contributed by atoms with E-state index in [4.69, 9.17) is 0 Å². The van der Waals surface area contributed by atoms with Crippen LogP contribution in [0.5, 0.6) is 0 Å². The van der Waals surface area contributed by atoms with Gasteiger partial charge in [0.15, 0.2) is 0 Å². The van der Waals surface area contributed by atoms with Gasteiger partial charge in [-0.05, 0) is 69.5 Å². The Hall–Kier alpha value is -0.0800. The predicted octanol–water partition coefficient (Wildman–Crippen LogP) is 3.52. The molecule has 2 aliphatic rings. The largest absolute Gasteiger partial charge is 0.316 e. The molecule has 2 nitrogen and oxygen atoms in total. The van der Waals surface area contributed by atoms with Crippen LogP contribution >= 0.6 is 0 Å². The van der Waals surface area contributed by atoms with Crippen molar-refractivity contribution in [3.8, 4) is 0 Å². The Bertz CT molecular complexity index is 227. The maximum Gasteiger partial charge on any atom is 0.00219 e. The highest BCUT2D eigenvalue weighted by molar-refractivity contribution is 4.77. The minimum absolute atomic E-state index is 0.905. The van der Waals surface area contributed by atoms with Gasteiger partial charge in [-0.25, -0.2) is 0 Å². The highest BCUT2D eigenvalue weighted by Crippen LogP contribution is 2.29. The van der Waals surface area contributed by atoms with Gasteiger partial charge in [0, 0.05) is 13.1 Å². The van der Waals surface area contributed by atoms with E-state index < -0.39 is 0 Å². The molecule has 1 aliphatic carbocycles. The lowest BCUT2D eigenvalue weighted by molar-refractivity contribution is 0.155. The van der Waals surface area contributed by atoms with Crippen LogP contribution in [0.25, 0.3) is 0 Å². The first-order chi connectivity index (χ1) is 9.28. The summed E-state index contributed by atoms with van der Waals surface area (Å²) >= 11 is 0. The van der Waals surface area contributed by atoms with E-state index >= 15 is 0 Å². The molecule has 0 radical (unpaired) electrons. The van der Waals surface area contributed by atoms with Crippen molar-refractivity contribution in [3.05, 3.63) is 0 Å². The second-order valence-electron chi connectivity index (χ2n) is 7.10. The molecule has 1 atom stereocenters. The fourth-order valence-corrected chi connectivity index (χ4v) is 3.90. The zero-order chi connectivity index (χ0) is 13.5. The molecule has 0 aromatic carbocycles. The number of nitrogens with zero attached hydrogens (tertiary/aromatic N) is 1. The van der Waals surface area contributed by atoms with Crippen molar-refractivity contribution < 1.29 is 0 Å². The third-order valence-corrected chi connectivity index (χ3v) is 5.11. The predicted molar refractivity (Wildman–Crippen MR) is 83.4 cm³/mol. The highest BCUT2D eigenvalue weighted by atomic mass is 15.1. The number of rotatable bonds is 6. The zero-order valence-corrected chi connectivity index (χ0v) is 13.2. The third kappa shape index (κ3) is 5.43. The second-order valence-corrected chi connectivity index (χ2v) is 7.10. The van der Waals surface area contributed by atoms with Crippen LogP contribution in [-0.4, -0.2) is 37.6 Å². The summed E-state index contributed by atoms with van der Waals surface area (Å²) in [6.45, 7) is 11.3. The second kappa shape index (κ2) is 8.26. The summed E-state index contributed by atoms with van der Waals surface area (Å²) in [5.74, 6) is 2.88. The number of hydrogen-bond donors (Lipinski definition) is 1. The first-order valence-corrected chi connectivity index (χ1v) is 8.71. The molecular formula is C17H34N2. The van der Waals surface area contributed by atoms with Crippen molar-refractivity contribution >= 4 is 0 Å². The minimum Gasteiger partial charge on any atom is -0.316 e. The van der Waals surface area contributed by atoms with Crippen LogP contribution in [0.15, 0.2) is 0 Å². The van der Waals surface area contributed by atoms with Gasteiger partial charge in [-0.3, -0.25) is 0 Å². The molecule has 1 heterocycles. The summed E-state index contributed by atoms with van der Waals surface area (Å²) in [7, 11) is 0. The van der Waals surface area contributed by atoms with E-state index in [0.29, 0.717) is 0 Å². The lowest BCUT2D eigenvalue weighted by Crippen LogP contribution is -2.40. The molecule has 0 amide bonds. The van der Waals surface area contributed by atoms with Crippen LogP contribution in [0.4, 0.5) is 0 Å². The number of nitrogens with one attached hydrogen (secondary N) is 1. The van der Waals surface area contributed by atoms with Gasteiger partial charge in [-0.15, -0.1) is 0 Å². The fourth-order valence-electron chi connectivity index (χ4n) is 3.90. The summed E-state index contributed by atoms with van der Waals surface area (Å²) in [6, 6.07) is 0. The smallest absolute Gasteiger partial charge is 0.00219 e. The Labute approximate surface area is 120 Å². The van der Waals surface area contributed by atoms with Crippen molar-refractivity contribution in [2.24, 2.45) is 17.8 Å². The SMILES string of the molecule is CCCN(CC1CCC(C)CC1)CC1CCCNC1. The lowest BCUT2D eigenvalue weighted by atomic mass is 9.82. The molecule has 1 saturated heterocycles. The van der Waals surface area contributed by atoms with Crippen molar-refractivity contribution in [1.29, 1.82) is 0 Å². The highest BCUT2D eigenvalue weighted by Gasteiger charge is 2.22. The topological polar surface area (TPSA) is 15.3 Å². The van der Waals surface area contributed by atoms with Crippen LogP contribution in [0.1, 0.15) is 58.8 Å². The van der Waals surface area contributed by atoms with E-state index in [0.717, 1.165) is 17.8 Å². The monoisotopic (exact) mass is 266 g/mol. The normalized spacial score (nSPS) is 32.7. The summed E-state index contributed by atoms with van der Waals surface area (Å²) in [6.07, 6.45) is 10.0. The molecule has 1 aliphatic heterocycles. The molecule has 19 heavy (non-hydrogen) atoms. The maximum atomic E-state index is 3.57. The molecule has 1 unspecified atom stereocenters. The lowest BCUT2D eigenvalue weighted by Gasteiger charge is -2.34. The van der Waals surface area contributed by atoms with E-state index in [1.165, 1.54) is 77.7 Å². The van der Waals surface area contributed by atoms with Gasteiger partial charge >= 0.3 is 0 Å². The van der Waals surface area contributed by atoms with E-state index in [-0.39, 0.29) is 0 Å². The Balaban J connectivity index is 1.74. The average molecular weight is 266 g/mol. The quantitative estimate of drug-likeness (QED) is 0.791. The molecular weight excluding hydrogens is 232 g/mol. The van der Waals surface area contributed by atoms with Gasteiger partial charge in [0.25, 0.3) is 0 Å². The van der Waals surface area contributed by atoms with Gasteiger partial charge in [0.1, 0.15) is 0 Å². The van der Waals surface area contributed by atoms with Crippen molar-refractivity contribution in [2.75, 3.05) is 32.7 Å². The molecule has 2 fully saturated rings. The molecule has 1 N–H and O–H groups in total. The Morgan fingerprint density at radius 2 is 1.74 bits per heavy atom. The molecule has 0 aromatic heterocycles. The van der Waals surface area contributed by atoms with Crippen LogP contribution < -0.4 is 5.32 Å². The summed E-state index contributed by atoms with van der Waals surface area (Å²) < 4.78 is 0. The van der Waals surface area contributed by atoms with E-state index in [9.17, 15) is 0 Å². The fraction of sp³-hybridized carbons (Fsp3) is 1.00. The number of piperidine rings is 1. The molecule has 1 saturated carbocycles. The first-order valence-electron chi connectivity index (χ1n) is 8.71. The molecule has 0 aromatic rings. The van der Waals surface area contributed by atoms with Gasteiger partial charge in [0.05, 0.1) is 0 Å². The molecule has 112 valence electrons. The first kappa shape index (κ1) is 15.3. The Morgan fingerprint density at radius 1 is 1.00 bits per heavy atom. The summed E-state index contributed by atoms with van der Waals surface area (Å²) in [4.78, 5) is 2.78. The minimum atomic E-state index is 0.905. The van der Waals surface area contributed by atoms with Gasteiger partial charge in [-0.1, -0.05) is 26.7 Å². The Morgan fingerprint density at radius 3 is 2.37 bits per heavy atom. The molecule has 0 bridgehead atoms. The average Bonchev–Trinajstić information content (AvgIpc) is 2.43. The molecule has 2 rings (SSSR count). The Kier molecular flexibility index (Phi) is 6.66. The van der Waals surface area contributed by atoms with E-state index in [1.54, 1.807) is 0 Å². The van der Waals surface area contributed by atoms with Crippen molar-refractivity contribution in [2.45, 2.75) is 58.8 Å². The summed E-state index contributed by atoms with van der Waals surface area (Å²) in [5, 5.41) is 3.57. The van der Waals surface area contributed by atoms with Crippen LogP contribution in [-0.2, 0) is 0 Å². The third-order valence-electron chi connectivity index (χ3n) is 5.11. The van der Waals surface area contributed by atoms with Crippen molar-refractivity contribution in [1.82, 2.24) is 10.2 Å².